The minimum Gasteiger partial charge on any atom is -0.444 e. The Balaban J connectivity index is 1.24. The van der Waals surface area contributed by atoms with Crippen molar-refractivity contribution in [3.8, 4) is 0 Å². The van der Waals surface area contributed by atoms with Crippen molar-refractivity contribution in [2.24, 2.45) is 11.8 Å². The first-order valence-electron chi connectivity index (χ1n) is 15.7. The zero-order chi connectivity index (χ0) is 34.2. The number of benzene rings is 2. The third kappa shape index (κ3) is 11.1. The number of nitrogens with zero attached hydrogens (tertiary/aromatic N) is 2. The number of hydrogen-bond donors (Lipinski definition) is 4. The second-order valence-electron chi connectivity index (χ2n) is 12.7. The van der Waals surface area contributed by atoms with Crippen molar-refractivity contribution in [2.45, 2.75) is 76.0 Å². The third-order valence-electron chi connectivity index (χ3n) is 7.79. The number of halogens is 4. The fourth-order valence-electron chi connectivity index (χ4n) is 5.32. The Morgan fingerprint density at radius 2 is 1.60 bits per heavy atom. The molecule has 15 heteroatoms. The van der Waals surface area contributed by atoms with Gasteiger partial charge in [0.25, 0.3) is 0 Å². The molecule has 47 heavy (non-hydrogen) atoms. The van der Waals surface area contributed by atoms with Crippen molar-refractivity contribution in [3.63, 3.8) is 0 Å². The van der Waals surface area contributed by atoms with Gasteiger partial charge in [0.05, 0.1) is 16.1 Å². The van der Waals surface area contributed by atoms with Crippen LogP contribution < -0.4 is 20.7 Å². The highest BCUT2D eigenvalue weighted by molar-refractivity contribution is 7.89. The van der Waals surface area contributed by atoms with E-state index in [-0.39, 0.29) is 17.5 Å². The average Bonchev–Trinajstić information content (AvgIpc) is 3.00. The summed E-state index contributed by atoms with van der Waals surface area (Å²) >= 11 is 5.94. The van der Waals surface area contributed by atoms with E-state index < -0.39 is 38.4 Å². The topological polar surface area (TPSA) is 134 Å². The van der Waals surface area contributed by atoms with Crippen molar-refractivity contribution in [1.29, 1.82) is 0 Å². The quantitative estimate of drug-likeness (QED) is 0.138. The van der Waals surface area contributed by atoms with Gasteiger partial charge in [0, 0.05) is 31.6 Å². The Morgan fingerprint density at radius 1 is 0.936 bits per heavy atom. The molecule has 1 aromatic heterocycles. The summed E-state index contributed by atoms with van der Waals surface area (Å²) < 4.78 is 72.6. The van der Waals surface area contributed by atoms with Gasteiger partial charge in [-0.2, -0.15) is 18.2 Å². The number of sulfonamides is 1. The molecule has 0 bridgehead atoms. The van der Waals surface area contributed by atoms with E-state index in [9.17, 15) is 26.4 Å². The molecule has 3 aromatic rings. The molecule has 0 unspecified atom stereocenters. The summed E-state index contributed by atoms with van der Waals surface area (Å²) in [6.45, 7) is 7.39. The molecule has 0 aliphatic heterocycles. The van der Waals surface area contributed by atoms with Gasteiger partial charge in [0.2, 0.25) is 16.0 Å². The van der Waals surface area contributed by atoms with Gasteiger partial charge in [-0.05, 0) is 101 Å². The van der Waals surface area contributed by atoms with Crippen LogP contribution in [0, 0.1) is 11.8 Å². The number of rotatable bonds is 13. The van der Waals surface area contributed by atoms with Gasteiger partial charge < -0.3 is 20.7 Å². The van der Waals surface area contributed by atoms with E-state index in [0.29, 0.717) is 37.6 Å². The molecule has 1 heterocycles. The zero-order valence-electron chi connectivity index (χ0n) is 26.7. The molecule has 0 saturated heterocycles. The van der Waals surface area contributed by atoms with Crippen molar-refractivity contribution >= 4 is 50.4 Å². The summed E-state index contributed by atoms with van der Waals surface area (Å²) in [5, 5.41) is 10.2. The van der Waals surface area contributed by atoms with E-state index >= 15 is 0 Å². The second-order valence-corrected chi connectivity index (χ2v) is 14.9. The van der Waals surface area contributed by atoms with Crippen LogP contribution in [0.1, 0.15) is 64.9 Å². The molecule has 0 atom stereocenters. The van der Waals surface area contributed by atoms with Crippen LogP contribution in [0.2, 0.25) is 5.02 Å². The number of carbonyl (C=O) groups excluding carboxylic acids is 1. The number of carbonyl (C=O) groups is 1. The number of para-hydroxylation sites is 1. The van der Waals surface area contributed by atoms with Gasteiger partial charge in [0.1, 0.15) is 16.3 Å². The molecular formula is C32H42ClF3N6O4S. The number of alkyl halides is 3. The molecule has 1 amide bonds. The number of alkyl carbamates (subject to hydrolysis) is 1. The molecule has 1 fully saturated rings. The van der Waals surface area contributed by atoms with Crippen molar-refractivity contribution in [3.05, 3.63) is 53.1 Å². The molecule has 10 nitrogen and oxygen atoms in total. The number of nitrogens with one attached hydrogen (secondary N) is 4. The van der Waals surface area contributed by atoms with Gasteiger partial charge in [-0.25, -0.2) is 22.9 Å². The number of ether oxygens (including phenoxy) is 1. The monoisotopic (exact) mass is 698 g/mol. The summed E-state index contributed by atoms with van der Waals surface area (Å²) in [6.07, 6.45) is -0.313. The smallest absolute Gasteiger partial charge is 0.416 e. The largest absolute Gasteiger partial charge is 0.444 e. The number of anilines is 2. The Bertz CT molecular complexity index is 1630. The minimum atomic E-state index is -4.68. The number of amides is 1. The molecule has 4 N–H and O–H groups in total. The highest BCUT2D eigenvalue weighted by Gasteiger charge is 2.33. The van der Waals surface area contributed by atoms with E-state index in [0.717, 1.165) is 67.4 Å². The van der Waals surface area contributed by atoms with Gasteiger partial charge in [-0.3, -0.25) is 0 Å². The molecule has 2 aromatic carbocycles. The van der Waals surface area contributed by atoms with Gasteiger partial charge >= 0.3 is 12.3 Å². The maximum Gasteiger partial charge on any atom is 0.416 e. The van der Waals surface area contributed by atoms with Crippen LogP contribution in [0.3, 0.4) is 0 Å². The lowest BCUT2D eigenvalue weighted by atomic mass is 9.82. The Labute approximate surface area is 278 Å². The van der Waals surface area contributed by atoms with Crippen molar-refractivity contribution in [2.75, 3.05) is 36.8 Å². The van der Waals surface area contributed by atoms with Crippen LogP contribution >= 0.6 is 11.6 Å². The van der Waals surface area contributed by atoms with Crippen LogP contribution in [0.25, 0.3) is 10.9 Å². The van der Waals surface area contributed by atoms with Crippen LogP contribution in [0.4, 0.5) is 29.7 Å². The molecule has 0 radical (unpaired) electrons. The van der Waals surface area contributed by atoms with E-state index in [2.05, 4.69) is 25.7 Å². The number of aromatic nitrogens is 2. The molecular weight excluding hydrogens is 657 g/mol. The normalized spacial score (nSPS) is 17.3. The van der Waals surface area contributed by atoms with E-state index in [4.69, 9.17) is 21.3 Å². The Kier molecular flexibility index (Phi) is 12.2. The predicted molar refractivity (Wildman–Crippen MR) is 177 cm³/mol. The van der Waals surface area contributed by atoms with Crippen molar-refractivity contribution in [1.82, 2.24) is 20.0 Å². The zero-order valence-corrected chi connectivity index (χ0v) is 28.3. The maximum absolute atomic E-state index is 13.1. The number of fused-ring (bicyclic) bond motifs is 1. The number of hydrogen-bond acceptors (Lipinski definition) is 8. The summed E-state index contributed by atoms with van der Waals surface area (Å²) in [7, 11) is -4.21. The first-order valence-corrected chi connectivity index (χ1v) is 17.5. The molecule has 1 aliphatic rings. The van der Waals surface area contributed by atoms with Crippen molar-refractivity contribution < 1.29 is 31.1 Å². The predicted octanol–water partition coefficient (Wildman–Crippen LogP) is 7.22. The molecule has 0 spiro atoms. The lowest BCUT2D eigenvalue weighted by Crippen LogP contribution is -2.33. The standard InChI is InChI=1S/C32H42ClF3N6O4S/c1-31(2,3)46-30(43)38-17-7-6-16-37-28-24-8-4-5-9-26(24)41-29(42-28)39-19-21-10-12-22(13-11-21)20-40-47(44,45)27-18-23(32(34,35)36)14-15-25(27)33/h4-5,8-9,14-15,18,21-22,40H,6-7,10-13,16-17,19-20H2,1-3H3,(H,38,43)(H2,37,39,41,42)/t21-,22-. The minimum absolute atomic E-state index is 0.0534. The lowest BCUT2D eigenvalue weighted by Gasteiger charge is -2.28. The fraction of sp³-hybridized carbons (Fsp3) is 0.531. The molecule has 4 rings (SSSR count). The average molecular weight is 699 g/mol. The second kappa shape index (κ2) is 15.7. The highest BCUT2D eigenvalue weighted by atomic mass is 35.5. The first kappa shape index (κ1) is 36.5. The Morgan fingerprint density at radius 3 is 2.28 bits per heavy atom. The number of unbranched alkanes of at least 4 members (excludes halogenated alkanes) is 1. The molecule has 1 aliphatic carbocycles. The van der Waals surface area contributed by atoms with Crippen LogP contribution in [-0.2, 0) is 20.9 Å². The molecule has 258 valence electrons. The summed E-state index contributed by atoms with van der Waals surface area (Å²) in [5.74, 6) is 1.60. The van der Waals surface area contributed by atoms with Gasteiger partial charge in [0.15, 0.2) is 0 Å². The van der Waals surface area contributed by atoms with Gasteiger partial charge in [-0.15, -0.1) is 0 Å². The van der Waals surface area contributed by atoms with Gasteiger partial charge in [-0.1, -0.05) is 23.7 Å². The lowest BCUT2D eigenvalue weighted by molar-refractivity contribution is -0.137. The van der Waals surface area contributed by atoms with E-state index in [1.807, 2.05) is 45.0 Å². The van der Waals surface area contributed by atoms with Crippen LogP contribution in [0.15, 0.2) is 47.4 Å². The van der Waals surface area contributed by atoms with Crippen LogP contribution in [0.5, 0.6) is 0 Å². The van der Waals surface area contributed by atoms with E-state index in [1.54, 1.807) is 0 Å². The fourth-order valence-corrected chi connectivity index (χ4v) is 6.96. The van der Waals surface area contributed by atoms with E-state index in [1.165, 1.54) is 0 Å². The Hall–Kier alpha value is -3.36. The highest BCUT2D eigenvalue weighted by Crippen LogP contribution is 2.34. The summed E-state index contributed by atoms with van der Waals surface area (Å²) in [4.78, 5) is 20.6. The molecule has 1 saturated carbocycles. The maximum atomic E-state index is 13.1. The summed E-state index contributed by atoms with van der Waals surface area (Å²) in [6, 6.07) is 10.0. The SMILES string of the molecule is CC(C)(C)OC(=O)NCCCCNc1nc(NC[C@H]2CC[C@H](CNS(=O)(=O)c3cc(C(F)(F)F)ccc3Cl)CC2)nc2ccccc12. The first-order chi connectivity index (χ1) is 22.1. The van der Waals surface area contributed by atoms with Crippen LogP contribution in [-0.4, -0.2) is 56.3 Å². The third-order valence-corrected chi connectivity index (χ3v) is 9.70. The summed E-state index contributed by atoms with van der Waals surface area (Å²) in [5.41, 5.74) is -0.807.